The van der Waals surface area contributed by atoms with E-state index in [1.807, 2.05) is 66.7 Å². The molecule has 0 radical (unpaired) electrons. The molecule has 3 aromatic rings. The topological polar surface area (TPSA) is 66.5 Å². The highest BCUT2D eigenvalue weighted by molar-refractivity contribution is 9.10. The van der Waals surface area contributed by atoms with Crippen molar-refractivity contribution >= 4 is 48.3 Å². The number of hydrogen-bond donors (Lipinski definition) is 1. The van der Waals surface area contributed by atoms with Crippen LogP contribution in [0, 0.1) is 5.92 Å². The Balaban J connectivity index is 1.35. The highest BCUT2D eigenvalue weighted by Gasteiger charge is 2.31. The third kappa shape index (κ3) is 4.91. The third-order valence-corrected chi connectivity index (χ3v) is 7.88. The molecule has 1 aliphatic heterocycles. The molecular weight excluding hydrogens is 464 g/mol. The van der Waals surface area contributed by atoms with Crippen molar-refractivity contribution in [1.82, 2.24) is 4.31 Å². The molecule has 30 heavy (non-hydrogen) atoms. The number of amides is 1. The van der Waals surface area contributed by atoms with Crippen LogP contribution in [-0.2, 0) is 20.6 Å². The molecule has 1 N–H and O–H groups in total. The molecule has 0 unspecified atom stereocenters. The fourth-order valence-corrected chi connectivity index (χ4v) is 5.62. The van der Waals surface area contributed by atoms with Crippen LogP contribution in [0.1, 0.15) is 18.4 Å². The van der Waals surface area contributed by atoms with E-state index < -0.39 is 10.0 Å². The molecule has 7 heteroatoms. The number of piperidine rings is 1. The van der Waals surface area contributed by atoms with Gasteiger partial charge in [-0.05, 0) is 53.4 Å². The summed E-state index contributed by atoms with van der Waals surface area (Å²) in [5.41, 5.74) is 1.53. The lowest BCUT2D eigenvalue weighted by molar-refractivity contribution is -0.120. The number of sulfonamides is 1. The number of nitrogens with one attached hydrogen (secondary N) is 1. The standard InChI is InChI=1S/C23H23BrN2O3S/c24-21-8-5-17(6-9-21)16-30(28,29)26-13-11-19(12-14-26)23(27)25-22-10-7-18-3-1-2-4-20(18)15-22/h1-10,15,19H,11-14,16H2,(H,25,27). The Kier molecular flexibility index (Phi) is 6.22. The molecule has 1 fully saturated rings. The number of carbonyl (C=O) groups is 1. The van der Waals surface area contributed by atoms with Gasteiger partial charge in [-0.1, -0.05) is 58.4 Å². The van der Waals surface area contributed by atoms with E-state index in [-0.39, 0.29) is 17.6 Å². The molecule has 1 saturated heterocycles. The zero-order chi connectivity index (χ0) is 21.1. The van der Waals surface area contributed by atoms with Crippen LogP contribution in [0.25, 0.3) is 10.8 Å². The van der Waals surface area contributed by atoms with Crippen molar-refractivity contribution < 1.29 is 13.2 Å². The van der Waals surface area contributed by atoms with Crippen LogP contribution < -0.4 is 5.32 Å². The second-order valence-electron chi connectivity index (χ2n) is 7.61. The molecule has 0 aromatic heterocycles. The highest BCUT2D eigenvalue weighted by atomic mass is 79.9. The van der Waals surface area contributed by atoms with Gasteiger partial charge in [-0.2, -0.15) is 0 Å². The summed E-state index contributed by atoms with van der Waals surface area (Å²) in [6, 6.07) is 21.2. The van der Waals surface area contributed by atoms with Gasteiger partial charge in [0.15, 0.2) is 0 Å². The van der Waals surface area contributed by atoms with Crippen molar-refractivity contribution in [2.24, 2.45) is 5.92 Å². The van der Waals surface area contributed by atoms with E-state index in [1.54, 1.807) is 0 Å². The van der Waals surface area contributed by atoms with Crippen LogP contribution in [0.4, 0.5) is 5.69 Å². The first kappa shape index (κ1) is 21.0. The van der Waals surface area contributed by atoms with E-state index in [0.29, 0.717) is 25.9 Å². The lowest BCUT2D eigenvalue weighted by Gasteiger charge is -2.30. The fourth-order valence-electron chi connectivity index (χ4n) is 3.79. The summed E-state index contributed by atoms with van der Waals surface area (Å²) in [5, 5.41) is 5.19. The first-order valence-corrected chi connectivity index (χ1v) is 12.3. The average Bonchev–Trinajstić information content (AvgIpc) is 2.75. The summed E-state index contributed by atoms with van der Waals surface area (Å²) >= 11 is 3.36. The number of carbonyl (C=O) groups excluding carboxylic acids is 1. The molecule has 1 heterocycles. The van der Waals surface area contributed by atoms with Crippen molar-refractivity contribution in [3.8, 4) is 0 Å². The van der Waals surface area contributed by atoms with Crippen LogP contribution >= 0.6 is 15.9 Å². The van der Waals surface area contributed by atoms with Crippen LogP contribution in [0.5, 0.6) is 0 Å². The molecule has 0 aliphatic carbocycles. The maximum Gasteiger partial charge on any atom is 0.227 e. The van der Waals surface area contributed by atoms with Gasteiger partial charge in [0, 0.05) is 29.2 Å². The van der Waals surface area contributed by atoms with Crippen LogP contribution in [0.3, 0.4) is 0 Å². The zero-order valence-electron chi connectivity index (χ0n) is 16.4. The lowest BCUT2D eigenvalue weighted by atomic mass is 9.97. The molecule has 0 bridgehead atoms. The number of rotatable bonds is 5. The molecule has 4 rings (SSSR count). The SMILES string of the molecule is O=C(Nc1ccc2ccccc2c1)C1CCN(S(=O)(=O)Cc2ccc(Br)cc2)CC1. The van der Waals surface area contributed by atoms with Crippen LogP contribution in [0.15, 0.2) is 71.2 Å². The summed E-state index contributed by atoms with van der Waals surface area (Å²) in [4.78, 5) is 12.7. The Morgan fingerprint density at radius 2 is 1.63 bits per heavy atom. The molecule has 0 spiro atoms. The van der Waals surface area contributed by atoms with Crippen molar-refractivity contribution in [1.29, 1.82) is 0 Å². The average molecular weight is 487 g/mol. The summed E-state index contributed by atoms with van der Waals surface area (Å²) < 4.78 is 27.9. The normalized spacial score (nSPS) is 15.9. The monoisotopic (exact) mass is 486 g/mol. The Morgan fingerprint density at radius 1 is 0.967 bits per heavy atom. The molecule has 156 valence electrons. The van der Waals surface area contributed by atoms with E-state index in [2.05, 4.69) is 21.2 Å². The van der Waals surface area contributed by atoms with Gasteiger partial charge >= 0.3 is 0 Å². The molecule has 0 atom stereocenters. The number of benzene rings is 3. The van der Waals surface area contributed by atoms with Gasteiger partial charge in [-0.15, -0.1) is 0 Å². The predicted octanol–water partition coefficient (Wildman–Crippen LogP) is 4.78. The van der Waals surface area contributed by atoms with E-state index in [0.717, 1.165) is 26.5 Å². The number of anilines is 1. The van der Waals surface area contributed by atoms with Gasteiger partial charge in [-0.3, -0.25) is 4.79 Å². The fraction of sp³-hybridized carbons (Fsp3) is 0.261. The van der Waals surface area contributed by atoms with E-state index in [1.165, 1.54) is 4.31 Å². The van der Waals surface area contributed by atoms with Crippen molar-refractivity contribution in [2.75, 3.05) is 18.4 Å². The lowest BCUT2D eigenvalue weighted by Crippen LogP contribution is -2.41. The molecule has 1 aliphatic rings. The Hall–Kier alpha value is -2.22. The number of fused-ring (bicyclic) bond motifs is 1. The van der Waals surface area contributed by atoms with Gasteiger partial charge < -0.3 is 5.32 Å². The molecule has 0 saturated carbocycles. The van der Waals surface area contributed by atoms with Crippen LogP contribution in [-0.4, -0.2) is 31.7 Å². The molecular formula is C23H23BrN2O3S. The highest BCUT2D eigenvalue weighted by Crippen LogP contribution is 2.25. The number of hydrogen-bond acceptors (Lipinski definition) is 3. The third-order valence-electron chi connectivity index (χ3n) is 5.50. The van der Waals surface area contributed by atoms with Gasteiger partial charge in [0.2, 0.25) is 15.9 Å². The van der Waals surface area contributed by atoms with Crippen molar-refractivity contribution in [3.63, 3.8) is 0 Å². The van der Waals surface area contributed by atoms with E-state index >= 15 is 0 Å². The van der Waals surface area contributed by atoms with E-state index in [4.69, 9.17) is 0 Å². The van der Waals surface area contributed by atoms with Crippen molar-refractivity contribution in [2.45, 2.75) is 18.6 Å². The first-order chi connectivity index (χ1) is 14.4. The number of halogens is 1. The van der Waals surface area contributed by atoms with Gasteiger partial charge in [0.05, 0.1) is 5.75 Å². The first-order valence-electron chi connectivity index (χ1n) is 9.93. The summed E-state index contributed by atoms with van der Waals surface area (Å²) in [5.74, 6) is -0.250. The largest absolute Gasteiger partial charge is 0.326 e. The maximum atomic E-state index is 12.7. The second-order valence-corrected chi connectivity index (χ2v) is 10.5. The Morgan fingerprint density at radius 3 is 2.33 bits per heavy atom. The second kappa shape index (κ2) is 8.88. The van der Waals surface area contributed by atoms with Crippen molar-refractivity contribution in [3.05, 3.63) is 76.8 Å². The summed E-state index contributed by atoms with van der Waals surface area (Å²) in [6.45, 7) is 0.739. The predicted molar refractivity (Wildman–Crippen MR) is 124 cm³/mol. The molecule has 1 amide bonds. The van der Waals surface area contributed by atoms with Gasteiger partial charge in [0.1, 0.15) is 0 Å². The smallest absolute Gasteiger partial charge is 0.227 e. The maximum absolute atomic E-state index is 12.7. The number of nitrogens with zero attached hydrogens (tertiary/aromatic N) is 1. The Bertz CT molecular complexity index is 1150. The minimum atomic E-state index is -3.40. The van der Waals surface area contributed by atoms with Crippen LogP contribution in [0.2, 0.25) is 0 Å². The summed E-state index contributed by atoms with van der Waals surface area (Å²) in [6.07, 6.45) is 1.05. The minimum absolute atomic E-state index is 0.0196. The van der Waals surface area contributed by atoms with E-state index in [9.17, 15) is 13.2 Å². The molecule has 3 aromatic carbocycles. The minimum Gasteiger partial charge on any atom is -0.326 e. The van der Waals surface area contributed by atoms with Gasteiger partial charge in [-0.25, -0.2) is 12.7 Å². The molecule has 5 nitrogen and oxygen atoms in total. The summed E-state index contributed by atoms with van der Waals surface area (Å²) in [7, 11) is -3.40. The van der Waals surface area contributed by atoms with Gasteiger partial charge in [0.25, 0.3) is 0 Å². The zero-order valence-corrected chi connectivity index (χ0v) is 18.8. The quantitative estimate of drug-likeness (QED) is 0.563. The Labute approximate surface area is 185 Å².